The van der Waals surface area contributed by atoms with Gasteiger partial charge in [0.1, 0.15) is 11.0 Å². The third kappa shape index (κ3) is 6.58. The Balaban J connectivity index is 1.49. The highest BCUT2D eigenvalue weighted by atomic mass is 16.7. The van der Waals surface area contributed by atoms with E-state index in [-0.39, 0.29) is 0 Å². The monoisotopic (exact) mass is 539 g/mol. The van der Waals surface area contributed by atoms with E-state index in [0.29, 0.717) is 0 Å². The summed E-state index contributed by atoms with van der Waals surface area (Å²) < 4.78 is 25.6. The van der Waals surface area contributed by atoms with Crippen LogP contribution >= 0.6 is 0 Å². The lowest BCUT2D eigenvalue weighted by atomic mass is 9.72. The summed E-state index contributed by atoms with van der Waals surface area (Å²) in [6, 6.07) is 4.09. The van der Waals surface area contributed by atoms with E-state index < -0.39 is 36.6 Å². The molecule has 4 rings (SSSR count). The standard InChI is InChI=1S/C30H51B2N3O4/c1-10-11-12-13-14-15-16-17-18-19-22-35-33-25-23(31-36-27(2,3)28(4,5)37-31)20-21-24(26(25)34-35)32-38-29(6,7)30(8,9)39-32/h20-21H,10-19,22H2,1-9H3. The van der Waals surface area contributed by atoms with Gasteiger partial charge in [0.05, 0.1) is 28.9 Å². The Morgan fingerprint density at radius 2 is 0.897 bits per heavy atom. The maximum atomic E-state index is 6.40. The molecular weight excluding hydrogens is 488 g/mol. The van der Waals surface area contributed by atoms with Crippen molar-refractivity contribution in [3.8, 4) is 0 Å². The number of unbranched alkanes of at least 4 members (excludes halogenated alkanes) is 9. The molecule has 39 heavy (non-hydrogen) atoms. The normalized spacial score (nSPS) is 21.4. The maximum Gasteiger partial charge on any atom is 0.497 e. The summed E-state index contributed by atoms with van der Waals surface area (Å²) in [7, 11) is -1.01. The Labute approximate surface area is 237 Å². The number of nitrogens with zero attached hydrogens (tertiary/aromatic N) is 3. The summed E-state index contributed by atoms with van der Waals surface area (Å²) in [4.78, 5) is 1.85. The van der Waals surface area contributed by atoms with E-state index in [2.05, 4.69) is 62.3 Å². The molecule has 0 unspecified atom stereocenters. The number of hydrogen-bond acceptors (Lipinski definition) is 6. The SMILES string of the molecule is CCCCCCCCCCCCn1nc2c(B3OC(C)(C)C(C)(C)O3)ccc(B3OC(C)(C)C(C)(C)O3)c2n1. The summed E-state index contributed by atoms with van der Waals surface area (Å²) in [6.45, 7) is 19.7. The van der Waals surface area contributed by atoms with E-state index in [9.17, 15) is 0 Å². The van der Waals surface area contributed by atoms with Crippen molar-refractivity contribution >= 4 is 36.2 Å². The molecule has 1 aromatic carbocycles. The zero-order valence-corrected chi connectivity index (χ0v) is 26.1. The number of fused-ring (bicyclic) bond motifs is 1. The van der Waals surface area contributed by atoms with Crippen molar-refractivity contribution in [3.63, 3.8) is 0 Å². The smallest absolute Gasteiger partial charge is 0.399 e. The van der Waals surface area contributed by atoms with Gasteiger partial charge < -0.3 is 18.6 Å². The lowest BCUT2D eigenvalue weighted by Crippen LogP contribution is -2.41. The first-order valence-electron chi connectivity index (χ1n) is 15.4. The number of aromatic nitrogens is 3. The molecule has 0 spiro atoms. The molecule has 0 aliphatic carbocycles. The molecule has 2 fully saturated rings. The molecule has 2 aliphatic rings. The van der Waals surface area contributed by atoms with Crippen molar-refractivity contribution in [2.45, 2.75) is 155 Å². The lowest BCUT2D eigenvalue weighted by Gasteiger charge is -2.32. The molecule has 0 N–H and O–H groups in total. The molecular formula is C30H51B2N3O4. The van der Waals surface area contributed by atoms with Crippen LogP contribution in [-0.4, -0.2) is 51.6 Å². The number of hydrogen-bond donors (Lipinski definition) is 0. The van der Waals surface area contributed by atoms with Crippen LogP contribution in [0, 0.1) is 0 Å². The van der Waals surface area contributed by atoms with Gasteiger partial charge in [0, 0.05) is 10.9 Å². The van der Waals surface area contributed by atoms with E-state index in [1.807, 2.05) is 16.9 Å². The van der Waals surface area contributed by atoms with Crippen molar-refractivity contribution in [3.05, 3.63) is 12.1 Å². The highest BCUT2D eigenvalue weighted by Crippen LogP contribution is 2.38. The van der Waals surface area contributed by atoms with Crippen LogP contribution < -0.4 is 10.9 Å². The first-order valence-corrected chi connectivity index (χ1v) is 15.4. The van der Waals surface area contributed by atoms with Crippen LogP contribution in [-0.2, 0) is 25.2 Å². The molecule has 216 valence electrons. The van der Waals surface area contributed by atoms with Gasteiger partial charge in [-0.1, -0.05) is 76.8 Å². The van der Waals surface area contributed by atoms with Gasteiger partial charge in [0.25, 0.3) is 0 Å². The van der Waals surface area contributed by atoms with Crippen molar-refractivity contribution < 1.29 is 18.6 Å². The zero-order valence-electron chi connectivity index (χ0n) is 26.1. The number of rotatable bonds is 13. The van der Waals surface area contributed by atoms with Gasteiger partial charge in [-0.15, -0.1) is 0 Å². The Kier molecular flexibility index (Phi) is 9.27. The van der Waals surface area contributed by atoms with Gasteiger partial charge in [-0.3, -0.25) is 0 Å². The van der Waals surface area contributed by atoms with Gasteiger partial charge in [-0.2, -0.15) is 15.0 Å². The molecule has 7 nitrogen and oxygen atoms in total. The van der Waals surface area contributed by atoms with Crippen LogP contribution in [0.1, 0.15) is 127 Å². The second kappa shape index (κ2) is 11.8. The fraction of sp³-hybridized carbons (Fsp3) is 0.800. The van der Waals surface area contributed by atoms with Gasteiger partial charge in [0.2, 0.25) is 0 Å². The molecule has 9 heteroatoms. The van der Waals surface area contributed by atoms with Crippen LogP contribution in [0.4, 0.5) is 0 Å². The predicted molar refractivity (Wildman–Crippen MR) is 161 cm³/mol. The minimum absolute atomic E-state index is 0.430. The van der Waals surface area contributed by atoms with E-state index in [1.54, 1.807) is 0 Å². The van der Waals surface area contributed by atoms with E-state index in [0.717, 1.165) is 34.9 Å². The fourth-order valence-electron chi connectivity index (χ4n) is 5.24. The van der Waals surface area contributed by atoms with E-state index >= 15 is 0 Å². The highest BCUT2D eigenvalue weighted by Gasteiger charge is 2.54. The van der Waals surface area contributed by atoms with Crippen molar-refractivity contribution in [2.75, 3.05) is 0 Å². The molecule has 1 aromatic heterocycles. The third-order valence-corrected chi connectivity index (χ3v) is 9.37. The topological polar surface area (TPSA) is 67.6 Å². The average Bonchev–Trinajstić information content (AvgIpc) is 3.42. The molecule has 0 saturated carbocycles. The molecule has 0 amide bonds. The molecule has 2 saturated heterocycles. The minimum atomic E-state index is -0.507. The summed E-state index contributed by atoms with van der Waals surface area (Å²) in [5.74, 6) is 0. The van der Waals surface area contributed by atoms with Crippen molar-refractivity contribution in [1.29, 1.82) is 0 Å². The summed E-state index contributed by atoms with van der Waals surface area (Å²) in [5.41, 5.74) is 1.68. The molecule has 2 aliphatic heterocycles. The number of aryl methyl sites for hydroxylation is 1. The molecule has 0 atom stereocenters. The first-order chi connectivity index (χ1) is 18.3. The fourth-order valence-corrected chi connectivity index (χ4v) is 5.24. The van der Waals surface area contributed by atoms with Crippen LogP contribution in [0.2, 0.25) is 0 Å². The maximum absolute atomic E-state index is 6.40. The van der Waals surface area contributed by atoms with E-state index in [1.165, 1.54) is 57.8 Å². The second-order valence-corrected chi connectivity index (χ2v) is 13.6. The summed E-state index contributed by atoms with van der Waals surface area (Å²) in [5, 5.41) is 9.94. The average molecular weight is 539 g/mol. The summed E-state index contributed by atoms with van der Waals surface area (Å²) in [6.07, 6.45) is 13.0. The second-order valence-electron chi connectivity index (χ2n) is 13.6. The highest BCUT2D eigenvalue weighted by molar-refractivity contribution is 6.68. The van der Waals surface area contributed by atoms with E-state index in [4.69, 9.17) is 28.8 Å². The van der Waals surface area contributed by atoms with Gasteiger partial charge in [-0.25, -0.2) is 0 Å². The van der Waals surface area contributed by atoms with Crippen LogP contribution in [0.3, 0.4) is 0 Å². The molecule has 0 bridgehead atoms. The van der Waals surface area contributed by atoms with Crippen LogP contribution in [0.15, 0.2) is 12.1 Å². The van der Waals surface area contributed by atoms with Gasteiger partial charge in [0.15, 0.2) is 0 Å². The van der Waals surface area contributed by atoms with Crippen LogP contribution in [0.25, 0.3) is 11.0 Å². The number of benzene rings is 1. The summed E-state index contributed by atoms with van der Waals surface area (Å²) >= 11 is 0. The predicted octanol–water partition coefficient (Wildman–Crippen LogP) is 5.95. The van der Waals surface area contributed by atoms with Gasteiger partial charge >= 0.3 is 14.2 Å². The Morgan fingerprint density at radius 3 is 1.26 bits per heavy atom. The first kappa shape index (κ1) is 30.5. The zero-order chi connectivity index (χ0) is 28.5. The van der Waals surface area contributed by atoms with Crippen LogP contribution in [0.5, 0.6) is 0 Å². The lowest BCUT2D eigenvalue weighted by molar-refractivity contribution is 0.00578. The van der Waals surface area contributed by atoms with Gasteiger partial charge in [-0.05, 0) is 61.8 Å². The molecule has 2 aromatic rings. The Morgan fingerprint density at radius 1 is 0.564 bits per heavy atom. The molecule has 0 radical (unpaired) electrons. The molecule has 3 heterocycles. The minimum Gasteiger partial charge on any atom is -0.399 e. The van der Waals surface area contributed by atoms with Crippen molar-refractivity contribution in [1.82, 2.24) is 15.0 Å². The third-order valence-electron chi connectivity index (χ3n) is 9.37. The van der Waals surface area contributed by atoms with Crippen molar-refractivity contribution in [2.24, 2.45) is 0 Å². The largest absolute Gasteiger partial charge is 0.497 e. The Hall–Kier alpha value is -1.41. The Bertz CT molecular complexity index is 1010. The quantitative estimate of drug-likeness (QED) is 0.232.